The van der Waals surface area contributed by atoms with E-state index in [-0.39, 0.29) is 0 Å². The first-order chi connectivity index (χ1) is 9.31. The van der Waals surface area contributed by atoms with E-state index in [4.69, 9.17) is 4.98 Å². The smallest absolute Gasteiger partial charge is 0.203 e. The van der Waals surface area contributed by atoms with Gasteiger partial charge in [-0.25, -0.2) is 4.98 Å². The van der Waals surface area contributed by atoms with Crippen LogP contribution in [0.15, 0.2) is 6.20 Å². The number of hydrogen-bond acceptors (Lipinski definition) is 2. The number of hydrogen-bond donors (Lipinski definition) is 1. The molecule has 1 aromatic rings. The van der Waals surface area contributed by atoms with Crippen molar-refractivity contribution in [2.24, 2.45) is 11.8 Å². The summed E-state index contributed by atoms with van der Waals surface area (Å²) in [6.07, 6.45) is 13.4. The van der Waals surface area contributed by atoms with E-state index < -0.39 is 0 Å². The van der Waals surface area contributed by atoms with Gasteiger partial charge in [0.05, 0.1) is 5.69 Å². The lowest BCUT2D eigenvalue weighted by Gasteiger charge is -2.21. The van der Waals surface area contributed by atoms with Crippen molar-refractivity contribution in [3.8, 4) is 0 Å². The van der Waals surface area contributed by atoms with E-state index in [9.17, 15) is 0 Å². The number of nitrogens with zero attached hydrogens (tertiary/aromatic N) is 2. The highest BCUT2D eigenvalue weighted by Gasteiger charge is 2.42. The average molecular weight is 259 g/mol. The Kier molecular flexibility index (Phi) is 2.82. The predicted molar refractivity (Wildman–Crippen MR) is 77.3 cm³/mol. The maximum absolute atomic E-state index is 4.77. The first-order valence-corrected chi connectivity index (χ1v) is 8.13. The molecule has 3 nitrogen and oxygen atoms in total. The number of aryl methyl sites for hydroxylation is 1. The maximum atomic E-state index is 4.77. The van der Waals surface area contributed by atoms with Gasteiger partial charge in [0.1, 0.15) is 0 Å². The molecule has 1 N–H and O–H groups in total. The summed E-state index contributed by atoms with van der Waals surface area (Å²) in [6, 6.07) is 1.41. The van der Waals surface area contributed by atoms with E-state index in [1.807, 2.05) is 0 Å². The van der Waals surface area contributed by atoms with Crippen LogP contribution in [-0.4, -0.2) is 15.6 Å². The lowest BCUT2D eigenvalue weighted by atomic mass is 10.1. The molecular weight excluding hydrogens is 234 g/mol. The third-order valence-corrected chi connectivity index (χ3v) is 5.13. The molecule has 3 aliphatic carbocycles. The summed E-state index contributed by atoms with van der Waals surface area (Å²) in [5.74, 6) is 3.02. The van der Waals surface area contributed by atoms with Gasteiger partial charge in [0.2, 0.25) is 5.95 Å². The standard InChI is InChI=1S/C16H25N3/c1-11-10-19(14-4-2-3-5-14)16(17-11)18-15(12-6-7-12)13-8-9-13/h10,12-15H,2-9H2,1H3,(H,17,18). The van der Waals surface area contributed by atoms with E-state index in [2.05, 4.69) is 23.0 Å². The van der Waals surface area contributed by atoms with E-state index in [0.717, 1.165) is 17.8 Å². The van der Waals surface area contributed by atoms with Crippen LogP contribution >= 0.6 is 0 Å². The molecule has 3 aliphatic rings. The molecule has 4 rings (SSSR count). The van der Waals surface area contributed by atoms with Crippen molar-refractivity contribution in [2.45, 2.75) is 70.4 Å². The highest BCUT2D eigenvalue weighted by Crippen LogP contribution is 2.46. The Labute approximate surface area is 115 Å². The summed E-state index contributed by atoms with van der Waals surface area (Å²) < 4.78 is 2.44. The average Bonchev–Trinajstić information content (AvgIpc) is 3.32. The minimum absolute atomic E-state index is 0.697. The van der Waals surface area contributed by atoms with Gasteiger partial charge in [-0.1, -0.05) is 12.8 Å². The molecule has 0 saturated heterocycles. The fraction of sp³-hybridized carbons (Fsp3) is 0.812. The normalized spacial score (nSPS) is 24.3. The van der Waals surface area contributed by atoms with Gasteiger partial charge < -0.3 is 9.88 Å². The zero-order chi connectivity index (χ0) is 12.8. The number of aromatic nitrogens is 2. The molecule has 0 aliphatic heterocycles. The van der Waals surface area contributed by atoms with Crippen molar-refractivity contribution in [1.82, 2.24) is 9.55 Å². The van der Waals surface area contributed by atoms with E-state index in [1.165, 1.54) is 57.1 Å². The Morgan fingerprint density at radius 3 is 2.32 bits per heavy atom. The topological polar surface area (TPSA) is 29.9 Å². The molecule has 3 fully saturated rings. The van der Waals surface area contributed by atoms with E-state index >= 15 is 0 Å². The SMILES string of the molecule is Cc1cn(C2CCCC2)c(NC(C2CC2)C2CC2)n1. The van der Waals surface area contributed by atoms with Gasteiger partial charge in [-0.3, -0.25) is 0 Å². The molecule has 0 unspecified atom stereocenters. The molecule has 0 bridgehead atoms. The molecule has 0 radical (unpaired) electrons. The number of nitrogens with one attached hydrogen (secondary N) is 1. The fourth-order valence-corrected chi connectivity index (χ4v) is 3.76. The van der Waals surface area contributed by atoms with Crippen LogP contribution in [0, 0.1) is 18.8 Å². The first kappa shape index (κ1) is 11.8. The third-order valence-electron chi connectivity index (χ3n) is 5.13. The second-order valence-electron chi connectivity index (χ2n) is 6.90. The Bertz CT molecular complexity index is 439. The van der Waals surface area contributed by atoms with Crippen LogP contribution in [0.5, 0.6) is 0 Å². The summed E-state index contributed by atoms with van der Waals surface area (Å²) in [4.78, 5) is 4.77. The lowest BCUT2D eigenvalue weighted by molar-refractivity contribution is 0.506. The minimum atomic E-state index is 0.697. The molecule has 3 saturated carbocycles. The van der Waals surface area contributed by atoms with Crippen molar-refractivity contribution < 1.29 is 0 Å². The molecule has 0 atom stereocenters. The van der Waals surface area contributed by atoms with Crippen molar-refractivity contribution in [1.29, 1.82) is 0 Å². The second kappa shape index (κ2) is 4.53. The highest BCUT2D eigenvalue weighted by atomic mass is 15.2. The Morgan fingerprint density at radius 1 is 1.11 bits per heavy atom. The van der Waals surface area contributed by atoms with Crippen LogP contribution in [-0.2, 0) is 0 Å². The summed E-state index contributed by atoms with van der Waals surface area (Å²) >= 11 is 0. The van der Waals surface area contributed by atoms with Gasteiger partial charge in [-0.15, -0.1) is 0 Å². The lowest BCUT2D eigenvalue weighted by Crippen LogP contribution is -2.26. The Hall–Kier alpha value is -0.990. The second-order valence-corrected chi connectivity index (χ2v) is 6.90. The van der Waals surface area contributed by atoms with Gasteiger partial charge in [0.15, 0.2) is 0 Å². The molecule has 19 heavy (non-hydrogen) atoms. The van der Waals surface area contributed by atoms with Crippen LogP contribution in [0.2, 0.25) is 0 Å². The van der Waals surface area contributed by atoms with E-state index in [0.29, 0.717) is 12.1 Å². The van der Waals surface area contributed by atoms with Crippen molar-refractivity contribution in [3.05, 3.63) is 11.9 Å². The molecule has 1 heterocycles. The largest absolute Gasteiger partial charge is 0.352 e. The summed E-state index contributed by atoms with van der Waals surface area (Å²) in [5, 5.41) is 3.82. The maximum Gasteiger partial charge on any atom is 0.203 e. The Morgan fingerprint density at radius 2 is 1.74 bits per heavy atom. The van der Waals surface area contributed by atoms with Crippen LogP contribution in [0.25, 0.3) is 0 Å². The number of imidazole rings is 1. The zero-order valence-electron chi connectivity index (χ0n) is 11.9. The summed E-state index contributed by atoms with van der Waals surface area (Å²) in [7, 11) is 0. The van der Waals surface area contributed by atoms with Crippen molar-refractivity contribution >= 4 is 5.95 Å². The third kappa shape index (κ3) is 2.39. The van der Waals surface area contributed by atoms with Gasteiger partial charge in [0.25, 0.3) is 0 Å². The molecule has 3 heteroatoms. The summed E-state index contributed by atoms with van der Waals surface area (Å²) in [5.41, 5.74) is 1.17. The van der Waals surface area contributed by atoms with Crippen LogP contribution in [0.3, 0.4) is 0 Å². The van der Waals surface area contributed by atoms with Gasteiger partial charge in [-0.05, 0) is 57.3 Å². The molecule has 0 aromatic carbocycles. The minimum Gasteiger partial charge on any atom is -0.352 e. The fourth-order valence-electron chi connectivity index (χ4n) is 3.76. The van der Waals surface area contributed by atoms with Crippen LogP contribution < -0.4 is 5.32 Å². The van der Waals surface area contributed by atoms with E-state index in [1.54, 1.807) is 0 Å². The zero-order valence-corrected chi connectivity index (χ0v) is 11.9. The van der Waals surface area contributed by atoms with Gasteiger partial charge in [-0.2, -0.15) is 0 Å². The summed E-state index contributed by atoms with van der Waals surface area (Å²) in [6.45, 7) is 2.12. The van der Waals surface area contributed by atoms with Crippen LogP contribution in [0.1, 0.15) is 63.1 Å². The van der Waals surface area contributed by atoms with Gasteiger partial charge >= 0.3 is 0 Å². The quantitative estimate of drug-likeness (QED) is 0.869. The van der Waals surface area contributed by atoms with Gasteiger partial charge in [0, 0.05) is 18.3 Å². The highest BCUT2D eigenvalue weighted by molar-refractivity contribution is 5.33. The monoisotopic (exact) mass is 259 g/mol. The number of rotatable bonds is 5. The van der Waals surface area contributed by atoms with Crippen molar-refractivity contribution in [2.75, 3.05) is 5.32 Å². The van der Waals surface area contributed by atoms with Crippen molar-refractivity contribution in [3.63, 3.8) is 0 Å². The Balaban J connectivity index is 1.55. The molecule has 104 valence electrons. The predicted octanol–water partition coefficient (Wildman–Crippen LogP) is 3.91. The molecule has 1 aromatic heterocycles. The van der Waals surface area contributed by atoms with Crippen LogP contribution in [0.4, 0.5) is 5.95 Å². The molecular formula is C16H25N3. The molecule has 0 amide bonds. The first-order valence-electron chi connectivity index (χ1n) is 8.13. The molecule has 0 spiro atoms. The number of anilines is 1.